The Balaban J connectivity index is 0.000000612. The third-order valence-electron chi connectivity index (χ3n) is 2.80. The Bertz CT molecular complexity index is 619. The number of nitrogens with two attached hydrogens (primary N) is 2. The molecule has 7 nitrogen and oxygen atoms in total. The van der Waals surface area contributed by atoms with Gasteiger partial charge in [0.05, 0.1) is 11.7 Å². The highest BCUT2D eigenvalue weighted by atomic mass is 16.3. The Labute approximate surface area is 115 Å². The van der Waals surface area contributed by atoms with E-state index >= 15 is 0 Å². The van der Waals surface area contributed by atoms with E-state index in [1.54, 1.807) is 26.1 Å². The zero-order chi connectivity index (χ0) is 15.3. The quantitative estimate of drug-likeness (QED) is 0.521. The van der Waals surface area contributed by atoms with Gasteiger partial charge in [0.25, 0.3) is 5.91 Å². The molecule has 0 radical (unpaired) electrons. The Kier molecular flexibility index (Phi) is 5.10. The number of aromatic nitrogens is 1. The van der Waals surface area contributed by atoms with Crippen LogP contribution in [0, 0.1) is 0 Å². The summed E-state index contributed by atoms with van der Waals surface area (Å²) in [6, 6.07) is 5.38. The fourth-order valence-corrected chi connectivity index (χ4v) is 1.92. The molecular formula is C13H18N4O3. The molecule has 1 atom stereocenters. The van der Waals surface area contributed by atoms with E-state index in [0.29, 0.717) is 11.4 Å². The number of carbonyl (C=O) groups is 2. The summed E-state index contributed by atoms with van der Waals surface area (Å²) in [6.07, 6.45) is -0.294. The molecular weight excluding hydrogens is 260 g/mol. The highest BCUT2D eigenvalue weighted by molar-refractivity contribution is 6.11. The highest BCUT2D eigenvalue weighted by Gasteiger charge is 2.16. The summed E-state index contributed by atoms with van der Waals surface area (Å²) in [5, 5.41) is 13.2. The van der Waals surface area contributed by atoms with Crippen molar-refractivity contribution in [1.82, 2.24) is 4.98 Å². The summed E-state index contributed by atoms with van der Waals surface area (Å²) in [5.41, 5.74) is 11.5. The molecule has 0 aliphatic carbocycles. The summed E-state index contributed by atoms with van der Waals surface area (Å²) >= 11 is 0. The number of nitrogens with one attached hydrogen (secondary N) is 2. The topological polar surface area (TPSA) is 134 Å². The first kappa shape index (κ1) is 15.5. The Hall–Kier alpha value is -2.54. The SMILES string of the molecule is CNc1[nH]c2cc(C(C)O)ccc2c1C(N)=O.NC=O. The Morgan fingerprint density at radius 3 is 2.55 bits per heavy atom. The molecule has 0 saturated heterocycles. The third-order valence-corrected chi connectivity index (χ3v) is 2.80. The third kappa shape index (κ3) is 3.07. The van der Waals surface area contributed by atoms with Crippen LogP contribution in [0.3, 0.4) is 0 Å². The van der Waals surface area contributed by atoms with Gasteiger partial charge in [0.1, 0.15) is 5.82 Å². The number of aliphatic hydroxyl groups excluding tert-OH is 1. The van der Waals surface area contributed by atoms with Crippen molar-refractivity contribution in [2.45, 2.75) is 13.0 Å². The molecule has 0 fully saturated rings. The normalized spacial score (nSPS) is 11.3. The standard InChI is InChI=1S/C12H15N3O2.CH3NO/c1-6(16)7-3-4-8-9(5-7)15-12(14-2)10(8)11(13)17;2-1-3/h3-6,14-16H,1-2H3,(H2,13,17);1H,(H2,2,3). The van der Waals surface area contributed by atoms with Crippen LogP contribution in [-0.4, -0.2) is 29.5 Å². The summed E-state index contributed by atoms with van der Waals surface area (Å²) in [7, 11) is 1.72. The highest BCUT2D eigenvalue weighted by Crippen LogP contribution is 2.28. The van der Waals surface area contributed by atoms with Crippen LogP contribution in [-0.2, 0) is 4.79 Å². The van der Waals surface area contributed by atoms with Crippen LogP contribution in [0.4, 0.5) is 5.82 Å². The zero-order valence-corrected chi connectivity index (χ0v) is 11.3. The van der Waals surface area contributed by atoms with Crippen molar-refractivity contribution in [2.24, 2.45) is 11.5 Å². The lowest BCUT2D eigenvalue weighted by molar-refractivity contribution is -0.106. The fourth-order valence-electron chi connectivity index (χ4n) is 1.92. The number of fused-ring (bicyclic) bond motifs is 1. The number of primary amides is 2. The van der Waals surface area contributed by atoms with E-state index < -0.39 is 12.0 Å². The monoisotopic (exact) mass is 278 g/mol. The van der Waals surface area contributed by atoms with Crippen molar-refractivity contribution in [3.05, 3.63) is 29.3 Å². The van der Waals surface area contributed by atoms with Gasteiger partial charge in [-0.3, -0.25) is 9.59 Å². The predicted molar refractivity (Wildman–Crippen MR) is 77.2 cm³/mol. The lowest BCUT2D eigenvalue weighted by atomic mass is 10.1. The smallest absolute Gasteiger partial charge is 0.253 e. The van der Waals surface area contributed by atoms with Crippen LogP contribution in [0.1, 0.15) is 28.9 Å². The van der Waals surface area contributed by atoms with Gasteiger partial charge in [-0.25, -0.2) is 0 Å². The summed E-state index contributed by atoms with van der Waals surface area (Å²) in [5.74, 6) is 0.112. The molecule has 7 N–H and O–H groups in total. The molecule has 20 heavy (non-hydrogen) atoms. The van der Waals surface area contributed by atoms with E-state index in [1.165, 1.54) is 0 Å². The van der Waals surface area contributed by atoms with Crippen LogP contribution < -0.4 is 16.8 Å². The minimum atomic E-state index is -0.544. The van der Waals surface area contributed by atoms with E-state index in [0.717, 1.165) is 16.5 Å². The van der Waals surface area contributed by atoms with Gasteiger partial charge < -0.3 is 26.9 Å². The number of hydrogen-bond acceptors (Lipinski definition) is 4. The van der Waals surface area contributed by atoms with Gasteiger partial charge in [-0.05, 0) is 18.6 Å². The lowest BCUT2D eigenvalue weighted by Gasteiger charge is -2.03. The maximum absolute atomic E-state index is 11.4. The molecule has 2 amide bonds. The van der Waals surface area contributed by atoms with E-state index in [9.17, 15) is 9.90 Å². The van der Waals surface area contributed by atoms with Crippen molar-refractivity contribution >= 4 is 29.0 Å². The number of carbonyl (C=O) groups excluding carboxylic acids is 2. The zero-order valence-electron chi connectivity index (χ0n) is 11.3. The summed E-state index contributed by atoms with van der Waals surface area (Å²) < 4.78 is 0. The van der Waals surface area contributed by atoms with Crippen LogP contribution in [0.25, 0.3) is 10.9 Å². The van der Waals surface area contributed by atoms with E-state index in [-0.39, 0.29) is 6.41 Å². The molecule has 1 aromatic carbocycles. The second-order valence-electron chi connectivity index (χ2n) is 4.11. The molecule has 0 spiro atoms. The maximum Gasteiger partial charge on any atom is 0.253 e. The van der Waals surface area contributed by atoms with Gasteiger partial charge >= 0.3 is 0 Å². The molecule has 0 saturated carbocycles. The first-order valence-corrected chi connectivity index (χ1v) is 5.92. The van der Waals surface area contributed by atoms with Crippen LogP contribution >= 0.6 is 0 Å². The van der Waals surface area contributed by atoms with Gasteiger partial charge in [0.15, 0.2) is 0 Å². The van der Waals surface area contributed by atoms with Gasteiger partial charge in [-0.2, -0.15) is 0 Å². The van der Waals surface area contributed by atoms with E-state index in [1.807, 2.05) is 6.07 Å². The van der Waals surface area contributed by atoms with Crippen LogP contribution in [0.5, 0.6) is 0 Å². The molecule has 1 heterocycles. The fraction of sp³-hybridized carbons (Fsp3) is 0.231. The average molecular weight is 278 g/mol. The van der Waals surface area contributed by atoms with E-state index in [4.69, 9.17) is 10.5 Å². The number of hydrogen-bond donors (Lipinski definition) is 5. The van der Waals surface area contributed by atoms with Crippen molar-refractivity contribution in [2.75, 3.05) is 12.4 Å². The molecule has 2 aromatic rings. The second kappa shape index (κ2) is 6.58. The first-order chi connectivity index (χ1) is 9.46. The summed E-state index contributed by atoms with van der Waals surface area (Å²) in [6.45, 7) is 1.69. The molecule has 0 aliphatic rings. The predicted octanol–water partition coefficient (Wildman–Crippen LogP) is 0.463. The molecule has 1 unspecified atom stereocenters. The van der Waals surface area contributed by atoms with Gasteiger partial charge in [-0.15, -0.1) is 0 Å². The van der Waals surface area contributed by atoms with Crippen molar-refractivity contribution in [1.29, 1.82) is 0 Å². The number of amides is 2. The molecule has 108 valence electrons. The number of rotatable bonds is 3. The molecule has 0 bridgehead atoms. The number of aromatic amines is 1. The Morgan fingerprint density at radius 2 is 2.10 bits per heavy atom. The minimum absolute atomic E-state index is 0.250. The van der Waals surface area contributed by atoms with E-state index in [2.05, 4.69) is 16.0 Å². The molecule has 1 aromatic heterocycles. The van der Waals surface area contributed by atoms with Gasteiger partial charge in [-0.1, -0.05) is 12.1 Å². The number of aliphatic hydroxyl groups is 1. The first-order valence-electron chi connectivity index (χ1n) is 5.92. The van der Waals surface area contributed by atoms with Crippen molar-refractivity contribution in [3.8, 4) is 0 Å². The number of anilines is 1. The minimum Gasteiger partial charge on any atom is -0.389 e. The van der Waals surface area contributed by atoms with Crippen LogP contribution in [0.2, 0.25) is 0 Å². The van der Waals surface area contributed by atoms with Crippen molar-refractivity contribution in [3.63, 3.8) is 0 Å². The number of H-pyrrole nitrogens is 1. The molecule has 7 heteroatoms. The van der Waals surface area contributed by atoms with Gasteiger partial charge in [0, 0.05) is 18.0 Å². The largest absolute Gasteiger partial charge is 0.389 e. The van der Waals surface area contributed by atoms with Crippen molar-refractivity contribution < 1.29 is 14.7 Å². The molecule has 0 aliphatic heterocycles. The second-order valence-corrected chi connectivity index (χ2v) is 4.11. The lowest BCUT2D eigenvalue weighted by Crippen LogP contribution is -2.12. The number of benzene rings is 1. The van der Waals surface area contributed by atoms with Gasteiger partial charge in [0.2, 0.25) is 6.41 Å². The Morgan fingerprint density at radius 1 is 1.50 bits per heavy atom. The van der Waals surface area contributed by atoms with Crippen LogP contribution in [0.15, 0.2) is 18.2 Å². The maximum atomic E-state index is 11.4. The average Bonchev–Trinajstić information content (AvgIpc) is 2.76. The summed E-state index contributed by atoms with van der Waals surface area (Å²) in [4.78, 5) is 23.0. The molecule has 2 rings (SSSR count).